The minimum absolute atomic E-state index is 0.0605. The van der Waals surface area contributed by atoms with Crippen LogP contribution >= 0.6 is 23.2 Å². The van der Waals surface area contributed by atoms with Crippen molar-refractivity contribution in [3.8, 4) is 5.75 Å². The highest BCUT2D eigenvalue weighted by atomic mass is 35.5. The molecule has 8 heteroatoms. The van der Waals surface area contributed by atoms with Crippen molar-refractivity contribution in [2.24, 2.45) is 0 Å². The Hall–Kier alpha value is -3.61. The lowest BCUT2D eigenvalue weighted by Crippen LogP contribution is -2.32. The maximum absolute atomic E-state index is 12.9. The van der Waals surface area contributed by atoms with Crippen LogP contribution < -0.4 is 15.0 Å². The Kier molecular flexibility index (Phi) is 6.72. The number of nitrogens with one attached hydrogen (secondary N) is 1. The second-order valence-electron chi connectivity index (χ2n) is 7.66. The summed E-state index contributed by atoms with van der Waals surface area (Å²) in [6.07, 6.45) is 0.897. The fraction of sp³-hybridized carbons (Fsp3) is 0.115. The summed E-state index contributed by atoms with van der Waals surface area (Å²) in [5.74, 6) is -1.31. The summed E-state index contributed by atoms with van der Waals surface area (Å²) in [4.78, 5) is 39.0. The molecule has 172 valence electrons. The van der Waals surface area contributed by atoms with Crippen LogP contribution in [0.15, 0.2) is 77.5 Å². The van der Waals surface area contributed by atoms with Crippen LogP contribution in [0.5, 0.6) is 5.75 Å². The van der Waals surface area contributed by atoms with E-state index in [1.807, 2.05) is 26.0 Å². The second kappa shape index (κ2) is 9.71. The molecule has 0 spiro atoms. The summed E-state index contributed by atoms with van der Waals surface area (Å²) in [6, 6.07) is 18.5. The van der Waals surface area contributed by atoms with Crippen molar-refractivity contribution in [3.63, 3.8) is 0 Å². The van der Waals surface area contributed by atoms with E-state index in [1.54, 1.807) is 48.5 Å². The highest BCUT2D eigenvalue weighted by Crippen LogP contribution is 2.32. The van der Waals surface area contributed by atoms with Gasteiger partial charge in [0.1, 0.15) is 16.5 Å². The van der Waals surface area contributed by atoms with Crippen molar-refractivity contribution in [3.05, 3.63) is 99.2 Å². The molecule has 0 unspecified atom stereocenters. The molecule has 0 radical (unpaired) electrons. The maximum atomic E-state index is 12.9. The van der Waals surface area contributed by atoms with Crippen molar-refractivity contribution in [1.82, 2.24) is 0 Å². The van der Waals surface area contributed by atoms with Gasteiger partial charge in [0.15, 0.2) is 0 Å². The molecule has 0 aliphatic carbocycles. The van der Waals surface area contributed by atoms with E-state index in [4.69, 9.17) is 27.9 Å². The molecule has 0 fully saturated rings. The van der Waals surface area contributed by atoms with Gasteiger partial charge in [0.25, 0.3) is 11.8 Å². The molecule has 1 aliphatic rings. The van der Waals surface area contributed by atoms with Gasteiger partial charge in [0.05, 0.1) is 11.3 Å². The van der Waals surface area contributed by atoms with Gasteiger partial charge in [-0.2, -0.15) is 0 Å². The number of anilines is 2. The average molecular weight is 495 g/mol. The van der Waals surface area contributed by atoms with Gasteiger partial charge in [-0.1, -0.05) is 48.3 Å². The summed E-state index contributed by atoms with van der Waals surface area (Å²) in [6.45, 7) is 3.87. The Morgan fingerprint density at radius 3 is 2.24 bits per heavy atom. The summed E-state index contributed by atoms with van der Waals surface area (Å²) in [7, 11) is 0. The topological polar surface area (TPSA) is 75.7 Å². The minimum atomic E-state index is -0.650. The number of imide groups is 1. The van der Waals surface area contributed by atoms with Crippen LogP contribution in [-0.2, 0) is 16.0 Å². The first-order chi connectivity index (χ1) is 16.3. The number of rotatable bonds is 6. The zero-order valence-electron chi connectivity index (χ0n) is 18.4. The fourth-order valence-corrected chi connectivity index (χ4v) is 3.75. The summed E-state index contributed by atoms with van der Waals surface area (Å²) < 4.78 is 5.40. The normalized spacial score (nSPS) is 13.5. The molecule has 34 heavy (non-hydrogen) atoms. The van der Waals surface area contributed by atoms with Crippen LogP contribution in [0.4, 0.5) is 11.4 Å². The number of hydrogen-bond acceptors (Lipinski definition) is 5. The number of aryl methyl sites for hydroxylation is 2. The monoisotopic (exact) mass is 494 g/mol. The van der Waals surface area contributed by atoms with Gasteiger partial charge in [-0.3, -0.25) is 9.59 Å². The van der Waals surface area contributed by atoms with Gasteiger partial charge >= 0.3 is 5.97 Å². The molecule has 3 aromatic carbocycles. The van der Waals surface area contributed by atoms with Crippen LogP contribution in [0, 0.1) is 6.92 Å². The van der Waals surface area contributed by atoms with E-state index in [-0.39, 0.29) is 10.7 Å². The van der Waals surface area contributed by atoms with Gasteiger partial charge in [0.2, 0.25) is 0 Å². The van der Waals surface area contributed by atoms with E-state index in [0.717, 1.165) is 22.4 Å². The first-order valence-electron chi connectivity index (χ1n) is 10.5. The fourth-order valence-electron chi connectivity index (χ4n) is 3.36. The Morgan fingerprint density at radius 2 is 1.62 bits per heavy atom. The largest absolute Gasteiger partial charge is 0.423 e. The summed E-state index contributed by atoms with van der Waals surface area (Å²) >= 11 is 12.3. The first-order valence-corrected chi connectivity index (χ1v) is 11.3. The summed E-state index contributed by atoms with van der Waals surface area (Å²) in [5.41, 5.74) is 3.03. The van der Waals surface area contributed by atoms with Crippen molar-refractivity contribution in [1.29, 1.82) is 0 Å². The lowest BCUT2D eigenvalue weighted by atomic mass is 10.1. The SMILES string of the molecule is CCc1ccc(OC(=O)c2ccc(NC3=C(Cl)C(=O)N(c4ccc(C)c(Cl)c4)C3=O)cc2)cc1. The number of esters is 1. The first kappa shape index (κ1) is 23.5. The number of nitrogens with zero attached hydrogens (tertiary/aromatic N) is 1. The third-order valence-corrected chi connectivity index (χ3v) is 6.13. The molecule has 1 aliphatic heterocycles. The molecular weight excluding hydrogens is 475 g/mol. The average Bonchev–Trinajstić information content (AvgIpc) is 3.05. The number of halogens is 2. The van der Waals surface area contributed by atoms with Crippen LogP contribution in [0.25, 0.3) is 0 Å². The molecule has 6 nitrogen and oxygen atoms in total. The predicted molar refractivity (Wildman–Crippen MR) is 132 cm³/mol. The lowest BCUT2D eigenvalue weighted by molar-refractivity contribution is -0.120. The van der Waals surface area contributed by atoms with Crippen LogP contribution in [0.3, 0.4) is 0 Å². The molecule has 1 N–H and O–H groups in total. The van der Waals surface area contributed by atoms with Crippen molar-refractivity contribution >= 4 is 52.4 Å². The highest BCUT2D eigenvalue weighted by molar-refractivity contribution is 6.53. The van der Waals surface area contributed by atoms with Crippen LogP contribution in [0.2, 0.25) is 5.02 Å². The predicted octanol–water partition coefficient (Wildman–Crippen LogP) is 5.87. The van der Waals surface area contributed by atoms with Crippen molar-refractivity contribution < 1.29 is 19.1 Å². The van der Waals surface area contributed by atoms with Crippen LogP contribution in [0.1, 0.15) is 28.4 Å². The number of carbonyl (C=O) groups excluding carboxylic acids is 3. The van der Waals surface area contributed by atoms with E-state index in [9.17, 15) is 14.4 Å². The number of amides is 2. The number of carbonyl (C=O) groups is 3. The zero-order chi connectivity index (χ0) is 24.4. The van der Waals surface area contributed by atoms with E-state index in [0.29, 0.717) is 27.7 Å². The second-order valence-corrected chi connectivity index (χ2v) is 8.44. The molecule has 4 rings (SSSR count). The van der Waals surface area contributed by atoms with Gasteiger partial charge in [0, 0.05) is 10.7 Å². The Balaban J connectivity index is 1.47. The van der Waals surface area contributed by atoms with E-state index in [2.05, 4.69) is 5.32 Å². The quantitative estimate of drug-likeness (QED) is 0.263. The van der Waals surface area contributed by atoms with Crippen molar-refractivity contribution in [2.75, 3.05) is 10.2 Å². The Labute approximate surface area is 206 Å². The number of hydrogen-bond donors (Lipinski definition) is 1. The molecule has 0 saturated carbocycles. The molecule has 0 aromatic heterocycles. The Morgan fingerprint density at radius 1 is 0.941 bits per heavy atom. The van der Waals surface area contributed by atoms with Crippen molar-refractivity contribution in [2.45, 2.75) is 20.3 Å². The van der Waals surface area contributed by atoms with Gasteiger partial charge in [-0.15, -0.1) is 0 Å². The molecular formula is C26H20Cl2N2O4. The Bertz CT molecular complexity index is 1320. The molecule has 1 heterocycles. The van der Waals surface area contributed by atoms with Gasteiger partial charge < -0.3 is 10.1 Å². The van der Waals surface area contributed by atoms with E-state index >= 15 is 0 Å². The molecule has 0 saturated heterocycles. The smallest absolute Gasteiger partial charge is 0.343 e. The number of ether oxygens (including phenoxy) is 1. The summed E-state index contributed by atoms with van der Waals surface area (Å²) in [5, 5.41) is 3.07. The van der Waals surface area contributed by atoms with Gasteiger partial charge in [-0.25, -0.2) is 9.69 Å². The van der Waals surface area contributed by atoms with Crippen LogP contribution in [-0.4, -0.2) is 17.8 Å². The molecule has 0 bridgehead atoms. The van der Waals surface area contributed by atoms with Gasteiger partial charge in [-0.05, 0) is 73.0 Å². The molecule has 0 atom stereocenters. The zero-order valence-corrected chi connectivity index (χ0v) is 19.9. The highest BCUT2D eigenvalue weighted by Gasteiger charge is 2.39. The molecule has 2 amide bonds. The third kappa shape index (κ3) is 4.69. The standard InChI is InChI=1S/C26H20Cl2N2O4/c1-3-16-5-12-20(13-6-16)34-26(33)17-7-9-18(10-8-17)29-23-22(28)24(31)30(25(23)32)19-11-4-15(2)21(27)14-19/h4-14,29H,3H2,1-2H3. The maximum Gasteiger partial charge on any atom is 0.343 e. The molecule has 3 aromatic rings. The lowest BCUT2D eigenvalue weighted by Gasteiger charge is -2.16. The van der Waals surface area contributed by atoms with E-state index in [1.165, 1.54) is 6.07 Å². The number of benzene rings is 3. The van der Waals surface area contributed by atoms with E-state index < -0.39 is 17.8 Å². The third-order valence-electron chi connectivity index (χ3n) is 5.37. The minimum Gasteiger partial charge on any atom is -0.423 e.